The summed E-state index contributed by atoms with van der Waals surface area (Å²) in [6, 6.07) is 6.97. The molecule has 27 heavy (non-hydrogen) atoms. The van der Waals surface area contributed by atoms with Gasteiger partial charge in [0.05, 0.1) is 17.8 Å². The summed E-state index contributed by atoms with van der Waals surface area (Å²) in [6.45, 7) is 2.44. The van der Waals surface area contributed by atoms with Crippen LogP contribution in [0.5, 0.6) is 0 Å². The molecule has 2 bridgehead atoms. The van der Waals surface area contributed by atoms with Gasteiger partial charge in [-0.2, -0.15) is 5.10 Å². The summed E-state index contributed by atoms with van der Waals surface area (Å²) in [5.74, 6) is -1.15. The molecule has 0 aliphatic carbocycles. The lowest BCUT2D eigenvalue weighted by molar-refractivity contribution is -0.0678. The number of aliphatic hydroxyl groups is 1. The third-order valence-electron chi connectivity index (χ3n) is 5.73. The lowest BCUT2D eigenvalue weighted by Gasteiger charge is -2.43. The SMILES string of the molecule is Cc1ccc(=O)n(CC2(O)CC3CCC(C2)N3Cc2cc(F)cc(F)c2)n1. The van der Waals surface area contributed by atoms with Gasteiger partial charge in [-0.1, -0.05) is 0 Å². The normalized spacial score (nSPS) is 27.9. The molecule has 0 radical (unpaired) electrons. The Morgan fingerprint density at radius 2 is 1.78 bits per heavy atom. The Morgan fingerprint density at radius 1 is 1.15 bits per heavy atom. The van der Waals surface area contributed by atoms with E-state index in [1.807, 2.05) is 6.92 Å². The maximum atomic E-state index is 13.5. The van der Waals surface area contributed by atoms with Crippen molar-refractivity contribution in [2.45, 2.75) is 63.4 Å². The summed E-state index contributed by atoms with van der Waals surface area (Å²) in [6.07, 6.45) is 2.90. The van der Waals surface area contributed by atoms with Crippen LogP contribution in [0, 0.1) is 18.6 Å². The van der Waals surface area contributed by atoms with Crippen molar-refractivity contribution in [3.63, 3.8) is 0 Å². The van der Waals surface area contributed by atoms with E-state index in [2.05, 4.69) is 10.00 Å². The minimum absolute atomic E-state index is 0.126. The van der Waals surface area contributed by atoms with Gasteiger partial charge in [-0.3, -0.25) is 9.69 Å². The lowest BCUT2D eigenvalue weighted by Crippen LogP contribution is -2.53. The van der Waals surface area contributed by atoms with Gasteiger partial charge in [-0.05, 0) is 56.4 Å². The highest BCUT2D eigenvalue weighted by Crippen LogP contribution is 2.42. The fraction of sp³-hybridized carbons (Fsp3) is 0.500. The van der Waals surface area contributed by atoms with Gasteiger partial charge in [-0.25, -0.2) is 13.5 Å². The van der Waals surface area contributed by atoms with Gasteiger partial charge in [0.1, 0.15) is 11.6 Å². The minimum Gasteiger partial charge on any atom is -0.388 e. The molecule has 1 aromatic carbocycles. The Balaban J connectivity index is 1.51. The van der Waals surface area contributed by atoms with Gasteiger partial charge < -0.3 is 5.11 Å². The average molecular weight is 375 g/mol. The summed E-state index contributed by atoms with van der Waals surface area (Å²) in [5, 5.41) is 15.4. The van der Waals surface area contributed by atoms with Crippen molar-refractivity contribution in [2.24, 2.45) is 0 Å². The van der Waals surface area contributed by atoms with Crippen LogP contribution in [-0.4, -0.2) is 37.5 Å². The zero-order chi connectivity index (χ0) is 19.2. The third-order valence-corrected chi connectivity index (χ3v) is 5.73. The number of hydrogen-bond acceptors (Lipinski definition) is 4. The molecule has 2 atom stereocenters. The highest BCUT2D eigenvalue weighted by atomic mass is 19.1. The molecule has 1 aromatic heterocycles. The Bertz CT molecular complexity index is 880. The Hall–Kier alpha value is -2.12. The molecular weight excluding hydrogens is 352 g/mol. The molecule has 3 heterocycles. The highest BCUT2D eigenvalue weighted by Gasteiger charge is 2.47. The fourth-order valence-electron chi connectivity index (χ4n) is 4.66. The number of aromatic nitrogens is 2. The summed E-state index contributed by atoms with van der Waals surface area (Å²) in [4.78, 5) is 14.3. The molecule has 4 rings (SSSR count). The monoisotopic (exact) mass is 375 g/mol. The van der Waals surface area contributed by atoms with Gasteiger partial charge in [0.25, 0.3) is 5.56 Å². The molecule has 2 aromatic rings. The van der Waals surface area contributed by atoms with E-state index >= 15 is 0 Å². The number of fused-ring (bicyclic) bond motifs is 2. The second-order valence-electron chi connectivity index (χ2n) is 7.94. The first-order valence-corrected chi connectivity index (χ1v) is 9.29. The van der Waals surface area contributed by atoms with Gasteiger partial charge in [-0.15, -0.1) is 0 Å². The van der Waals surface area contributed by atoms with Crippen LogP contribution in [0.4, 0.5) is 8.78 Å². The van der Waals surface area contributed by atoms with E-state index in [1.54, 1.807) is 6.07 Å². The molecule has 7 heteroatoms. The van der Waals surface area contributed by atoms with Crippen LogP contribution in [0.3, 0.4) is 0 Å². The molecule has 144 valence electrons. The predicted octanol–water partition coefficient (Wildman–Crippen LogP) is 2.39. The van der Waals surface area contributed by atoms with Crippen LogP contribution in [0.2, 0.25) is 0 Å². The van der Waals surface area contributed by atoms with Gasteiger partial charge in [0.15, 0.2) is 0 Å². The number of halogens is 2. The van der Waals surface area contributed by atoms with E-state index in [1.165, 1.54) is 22.9 Å². The maximum Gasteiger partial charge on any atom is 0.266 e. The van der Waals surface area contributed by atoms with Crippen LogP contribution < -0.4 is 5.56 Å². The molecule has 2 aliphatic rings. The lowest BCUT2D eigenvalue weighted by atomic mass is 9.85. The zero-order valence-electron chi connectivity index (χ0n) is 15.2. The average Bonchev–Trinajstić information content (AvgIpc) is 2.82. The summed E-state index contributed by atoms with van der Waals surface area (Å²) >= 11 is 0. The van der Waals surface area contributed by atoms with E-state index in [0.717, 1.165) is 24.6 Å². The predicted molar refractivity (Wildman–Crippen MR) is 96.1 cm³/mol. The molecule has 1 N–H and O–H groups in total. The summed E-state index contributed by atoms with van der Waals surface area (Å²) in [5.41, 5.74) is 0.109. The number of aryl methyl sites for hydroxylation is 1. The Labute approximate surface area is 156 Å². The van der Waals surface area contributed by atoms with Crippen LogP contribution in [0.15, 0.2) is 35.1 Å². The fourth-order valence-corrected chi connectivity index (χ4v) is 4.66. The number of rotatable bonds is 4. The van der Waals surface area contributed by atoms with Gasteiger partial charge in [0, 0.05) is 30.8 Å². The molecule has 0 amide bonds. The van der Waals surface area contributed by atoms with Crippen molar-refractivity contribution in [3.8, 4) is 0 Å². The molecule has 2 unspecified atom stereocenters. The maximum absolute atomic E-state index is 13.5. The molecular formula is C20H23F2N3O2. The van der Waals surface area contributed by atoms with E-state index in [-0.39, 0.29) is 24.2 Å². The second kappa shape index (κ2) is 6.80. The second-order valence-corrected chi connectivity index (χ2v) is 7.94. The summed E-state index contributed by atoms with van der Waals surface area (Å²) < 4.78 is 28.3. The first-order chi connectivity index (χ1) is 12.8. The van der Waals surface area contributed by atoms with Crippen molar-refractivity contribution < 1.29 is 13.9 Å². The largest absolute Gasteiger partial charge is 0.388 e. The number of benzene rings is 1. The molecule has 2 fully saturated rings. The number of hydrogen-bond donors (Lipinski definition) is 1. The van der Waals surface area contributed by atoms with E-state index in [0.29, 0.717) is 24.9 Å². The first-order valence-electron chi connectivity index (χ1n) is 9.29. The Morgan fingerprint density at radius 3 is 2.41 bits per heavy atom. The molecule has 0 spiro atoms. The molecule has 2 saturated heterocycles. The van der Waals surface area contributed by atoms with Crippen molar-refractivity contribution >= 4 is 0 Å². The Kier molecular flexibility index (Phi) is 4.60. The van der Waals surface area contributed by atoms with Gasteiger partial charge >= 0.3 is 0 Å². The van der Waals surface area contributed by atoms with Crippen LogP contribution in [0.25, 0.3) is 0 Å². The van der Waals surface area contributed by atoms with E-state index in [4.69, 9.17) is 0 Å². The standard InChI is InChI=1S/C20H23F2N3O2/c1-13-2-5-19(26)25(23-13)12-20(27)9-17-3-4-18(10-20)24(17)11-14-6-15(21)8-16(22)7-14/h2,5-8,17-18,27H,3-4,9-12H2,1H3. The van der Waals surface area contributed by atoms with Crippen molar-refractivity contribution in [1.29, 1.82) is 0 Å². The number of piperidine rings is 1. The first kappa shape index (κ1) is 18.3. The van der Waals surface area contributed by atoms with Crippen molar-refractivity contribution in [2.75, 3.05) is 0 Å². The quantitative estimate of drug-likeness (QED) is 0.892. The minimum atomic E-state index is -1.000. The molecule has 2 aliphatic heterocycles. The highest BCUT2D eigenvalue weighted by molar-refractivity contribution is 5.19. The molecule has 0 saturated carbocycles. The third kappa shape index (κ3) is 3.80. The zero-order valence-corrected chi connectivity index (χ0v) is 15.2. The number of nitrogens with zero attached hydrogens (tertiary/aromatic N) is 3. The van der Waals surface area contributed by atoms with Gasteiger partial charge in [0.2, 0.25) is 0 Å². The molecule has 5 nitrogen and oxygen atoms in total. The smallest absolute Gasteiger partial charge is 0.266 e. The topological polar surface area (TPSA) is 58.4 Å². The summed E-state index contributed by atoms with van der Waals surface area (Å²) in [7, 11) is 0. The van der Waals surface area contributed by atoms with E-state index < -0.39 is 17.2 Å². The van der Waals surface area contributed by atoms with E-state index in [9.17, 15) is 18.7 Å². The van der Waals surface area contributed by atoms with Crippen molar-refractivity contribution in [1.82, 2.24) is 14.7 Å². The van der Waals surface area contributed by atoms with Crippen LogP contribution in [0.1, 0.15) is 36.9 Å². The van der Waals surface area contributed by atoms with Crippen LogP contribution >= 0.6 is 0 Å². The van der Waals surface area contributed by atoms with Crippen molar-refractivity contribution in [3.05, 3.63) is 63.6 Å². The van der Waals surface area contributed by atoms with Crippen LogP contribution in [-0.2, 0) is 13.1 Å².